The highest BCUT2D eigenvalue weighted by molar-refractivity contribution is 5.70. The Kier molecular flexibility index (Phi) is 5.53. The summed E-state index contributed by atoms with van der Waals surface area (Å²) in [6.07, 6.45) is 0.00549. The first-order chi connectivity index (χ1) is 9.15. The third-order valence-corrected chi connectivity index (χ3v) is 2.15. The standard InChI is InChI=1S/C11H10N4O2.C2H6/c1-7-12-14-11(15-13-7)9-4-2-8(3-5-9)6-10(16)17;1-2/h2-5H,6H2,1H3,(H,16,17);1-2H3. The van der Waals surface area contributed by atoms with Crippen LogP contribution in [0.5, 0.6) is 0 Å². The molecule has 1 heterocycles. The Bertz CT molecular complexity index is 523. The molecule has 100 valence electrons. The maximum atomic E-state index is 10.5. The molecule has 1 N–H and O–H groups in total. The smallest absolute Gasteiger partial charge is 0.307 e. The van der Waals surface area contributed by atoms with Crippen LogP contribution in [0.1, 0.15) is 25.2 Å². The zero-order chi connectivity index (χ0) is 14.3. The van der Waals surface area contributed by atoms with Crippen LogP contribution in [0.15, 0.2) is 24.3 Å². The molecule has 0 saturated heterocycles. The fraction of sp³-hybridized carbons (Fsp3) is 0.308. The molecule has 2 aromatic rings. The number of rotatable bonds is 3. The molecule has 1 aromatic heterocycles. The van der Waals surface area contributed by atoms with Crippen LogP contribution in [0.3, 0.4) is 0 Å². The van der Waals surface area contributed by atoms with Gasteiger partial charge in [-0.1, -0.05) is 38.1 Å². The van der Waals surface area contributed by atoms with Crippen LogP contribution in [-0.4, -0.2) is 31.5 Å². The van der Waals surface area contributed by atoms with Gasteiger partial charge >= 0.3 is 5.97 Å². The summed E-state index contributed by atoms with van der Waals surface area (Å²) < 4.78 is 0. The molecule has 19 heavy (non-hydrogen) atoms. The van der Waals surface area contributed by atoms with Gasteiger partial charge in [0.2, 0.25) is 5.82 Å². The van der Waals surface area contributed by atoms with Crippen molar-refractivity contribution in [2.45, 2.75) is 27.2 Å². The number of aliphatic carboxylic acids is 1. The van der Waals surface area contributed by atoms with Crippen LogP contribution in [0.2, 0.25) is 0 Å². The van der Waals surface area contributed by atoms with Gasteiger partial charge < -0.3 is 5.11 Å². The molecule has 0 unspecified atom stereocenters. The topological polar surface area (TPSA) is 88.9 Å². The van der Waals surface area contributed by atoms with E-state index in [2.05, 4.69) is 20.4 Å². The molecule has 2 rings (SSSR count). The number of aryl methyl sites for hydroxylation is 1. The lowest BCUT2D eigenvalue weighted by Gasteiger charge is -2.00. The first-order valence-corrected chi connectivity index (χ1v) is 6.00. The lowest BCUT2D eigenvalue weighted by molar-refractivity contribution is -0.136. The Morgan fingerprint density at radius 3 is 2.05 bits per heavy atom. The number of nitrogens with zero attached hydrogens (tertiary/aromatic N) is 4. The number of hydrogen-bond donors (Lipinski definition) is 1. The molecule has 6 heteroatoms. The van der Waals surface area contributed by atoms with E-state index in [1.165, 1.54) is 0 Å². The SMILES string of the molecule is CC.Cc1nnc(-c2ccc(CC(=O)O)cc2)nn1. The fourth-order valence-corrected chi connectivity index (χ4v) is 1.34. The molecule has 1 aromatic carbocycles. The minimum absolute atomic E-state index is 0.00549. The number of hydrogen-bond acceptors (Lipinski definition) is 5. The number of aromatic nitrogens is 4. The van der Waals surface area contributed by atoms with Gasteiger partial charge in [0.25, 0.3) is 0 Å². The first kappa shape index (κ1) is 14.7. The predicted molar refractivity (Wildman–Crippen MR) is 70.5 cm³/mol. The zero-order valence-electron chi connectivity index (χ0n) is 11.2. The second-order valence-electron chi connectivity index (χ2n) is 3.54. The summed E-state index contributed by atoms with van der Waals surface area (Å²) in [6.45, 7) is 5.71. The van der Waals surface area contributed by atoms with E-state index in [1.807, 2.05) is 13.8 Å². The fourth-order valence-electron chi connectivity index (χ4n) is 1.34. The van der Waals surface area contributed by atoms with E-state index in [0.29, 0.717) is 11.6 Å². The van der Waals surface area contributed by atoms with Crippen LogP contribution in [0, 0.1) is 6.92 Å². The van der Waals surface area contributed by atoms with Gasteiger partial charge in [-0.2, -0.15) is 0 Å². The van der Waals surface area contributed by atoms with Crippen molar-refractivity contribution in [2.75, 3.05) is 0 Å². The molecule has 0 saturated carbocycles. The van der Waals surface area contributed by atoms with E-state index < -0.39 is 5.97 Å². The second-order valence-corrected chi connectivity index (χ2v) is 3.54. The number of carboxylic acid groups (broad SMARTS) is 1. The van der Waals surface area contributed by atoms with Crippen molar-refractivity contribution in [2.24, 2.45) is 0 Å². The molecule has 0 spiro atoms. The molecule has 0 aliphatic carbocycles. The maximum absolute atomic E-state index is 10.5. The van der Waals surface area contributed by atoms with Gasteiger partial charge in [-0.25, -0.2) is 0 Å². The van der Waals surface area contributed by atoms with Crippen LogP contribution in [0.4, 0.5) is 0 Å². The summed E-state index contributed by atoms with van der Waals surface area (Å²) in [5, 5.41) is 24.1. The van der Waals surface area contributed by atoms with E-state index in [0.717, 1.165) is 11.1 Å². The summed E-state index contributed by atoms with van der Waals surface area (Å²) in [6, 6.07) is 6.97. The summed E-state index contributed by atoms with van der Waals surface area (Å²) in [5.41, 5.74) is 1.49. The lowest BCUT2D eigenvalue weighted by Crippen LogP contribution is -2.01. The highest BCUT2D eigenvalue weighted by Crippen LogP contribution is 2.14. The average Bonchev–Trinajstić information content (AvgIpc) is 2.42. The van der Waals surface area contributed by atoms with Crippen LogP contribution in [-0.2, 0) is 11.2 Å². The van der Waals surface area contributed by atoms with E-state index >= 15 is 0 Å². The summed E-state index contributed by atoms with van der Waals surface area (Å²) >= 11 is 0. The maximum Gasteiger partial charge on any atom is 0.307 e. The van der Waals surface area contributed by atoms with Crippen molar-refractivity contribution in [3.05, 3.63) is 35.7 Å². The summed E-state index contributed by atoms with van der Waals surface area (Å²) in [5.74, 6) is 0.0846. The van der Waals surface area contributed by atoms with Crippen molar-refractivity contribution < 1.29 is 9.90 Å². The Morgan fingerprint density at radius 2 is 1.58 bits per heavy atom. The largest absolute Gasteiger partial charge is 0.481 e. The van der Waals surface area contributed by atoms with Crippen LogP contribution >= 0.6 is 0 Å². The van der Waals surface area contributed by atoms with Gasteiger partial charge in [-0.3, -0.25) is 4.79 Å². The molecular weight excluding hydrogens is 244 g/mol. The molecule has 0 aliphatic rings. The molecule has 0 radical (unpaired) electrons. The van der Waals surface area contributed by atoms with E-state index in [1.54, 1.807) is 31.2 Å². The van der Waals surface area contributed by atoms with Crippen LogP contribution in [0.25, 0.3) is 11.4 Å². The van der Waals surface area contributed by atoms with E-state index in [-0.39, 0.29) is 6.42 Å². The summed E-state index contributed by atoms with van der Waals surface area (Å²) in [7, 11) is 0. The normalized spacial score (nSPS) is 9.42. The Hall–Kier alpha value is -2.37. The molecule has 6 nitrogen and oxygen atoms in total. The minimum Gasteiger partial charge on any atom is -0.481 e. The third kappa shape index (κ3) is 4.42. The van der Waals surface area contributed by atoms with Gasteiger partial charge in [-0.05, 0) is 12.5 Å². The van der Waals surface area contributed by atoms with E-state index in [9.17, 15) is 4.79 Å². The second kappa shape index (κ2) is 7.15. The quantitative estimate of drug-likeness (QED) is 0.906. The number of carbonyl (C=O) groups is 1. The van der Waals surface area contributed by atoms with Crippen molar-refractivity contribution in [3.63, 3.8) is 0 Å². The first-order valence-electron chi connectivity index (χ1n) is 6.00. The van der Waals surface area contributed by atoms with Crippen LogP contribution < -0.4 is 0 Å². The minimum atomic E-state index is -0.854. The number of benzene rings is 1. The van der Waals surface area contributed by atoms with Crippen molar-refractivity contribution in [3.8, 4) is 11.4 Å². The lowest BCUT2D eigenvalue weighted by atomic mass is 10.1. The van der Waals surface area contributed by atoms with E-state index in [4.69, 9.17) is 5.11 Å². The molecule has 0 amide bonds. The van der Waals surface area contributed by atoms with Gasteiger partial charge in [0.15, 0.2) is 5.82 Å². The molecule has 0 bridgehead atoms. The number of carboxylic acids is 1. The van der Waals surface area contributed by atoms with Gasteiger partial charge in [0, 0.05) is 5.56 Å². The van der Waals surface area contributed by atoms with Gasteiger partial charge in [0.05, 0.1) is 6.42 Å². The Labute approximate surface area is 111 Å². The zero-order valence-corrected chi connectivity index (χ0v) is 11.2. The molecule has 0 atom stereocenters. The highest BCUT2D eigenvalue weighted by atomic mass is 16.4. The average molecular weight is 260 g/mol. The Morgan fingerprint density at radius 1 is 1.05 bits per heavy atom. The molecular formula is C13H16N4O2. The van der Waals surface area contributed by atoms with Gasteiger partial charge in [-0.15, -0.1) is 20.4 Å². The van der Waals surface area contributed by atoms with Gasteiger partial charge in [0.1, 0.15) is 0 Å². The summed E-state index contributed by atoms with van der Waals surface area (Å²) in [4.78, 5) is 10.5. The van der Waals surface area contributed by atoms with Crippen molar-refractivity contribution in [1.29, 1.82) is 0 Å². The van der Waals surface area contributed by atoms with Crippen molar-refractivity contribution in [1.82, 2.24) is 20.4 Å². The molecule has 0 fully saturated rings. The predicted octanol–water partition coefficient (Wildman–Crippen LogP) is 1.90. The third-order valence-electron chi connectivity index (χ3n) is 2.15. The molecule has 0 aliphatic heterocycles. The Balaban J connectivity index is 0.000000861. The highest BCUT2D eigenvalue weighted by Gasteiger charge is 2.04. The van der Waals surface area contributed by atoms with Crippen molar-refractivity contribution >= 4 is 5.97 Å². The monoisotopic (exact) mass is 260 g/mol.